The van der Waals surface area contributed by atoms with E-state index in [2.05, 4.69) is 51.7 Å². The smallest absolute Gasteiger partial charge is 0.0843 e. The van der Waals surface area contributed by atoms with Crippen molar-refractivity contribution in [3.8, 4) is 6.07 Å². The molecule has 2 aromatic rings. The molecule has 0 saturated carbocycles. The number of hydrogen-bond acceptors (Lipinski definition) is 3. The van der Waals surface area contributed by atoms with Crippen LogP contribution in [0.4, 0.5) is 0 Å². The minimum absolute atomic E-state index is 0.450. The highest BCUT2D eigenvalue weighted by atomic mass is 15.2. The average molecular weight is 268 g/mol. The third-order valence-corrected chi connectivity index (χ3v) is 4.04. The van der Waals surface area contributed by atoms with Crippen molar-refractivity contribution in [2.45, 2.75) is 25.4 Å². The molecule has 1 unspecified atom stereocenters. The van der Waals surface area contributed by atoms with E-state index in [9.17, 15) is 0 Å². The highest BCUT2D eigenvalue weighted by Gasteiger charge is 2.20. The second kappa shape index (κ2) is 6.08. The molecule has 0 amide bonds. The molecule has 1 aromatic carbocycles. The minimum Gasteiger partial charge on any atom is -0.361 e. The van der Waals surface area contributed by atoms with E-state index in [1.54, 1.807) is 0 Å². The number of nitrogens with zero attached hydrogens (tertiary/aromatic N) is 2. The van der Waals surface area contributed by atoms with Gasteiger partial charge in [-0.3, -0.25) is 4.90 Å². The van der Waals surface area contributed by atoms with E-state index in [0.29, 0.717) is 12.6 Å². The summed E-state index contributed by atoms with van der Waals surface area (Å²) in [6, 6.07) is 11.1. The molecule has 1 aliphatic heterocycles. The van der Waals surface area contributed by atoms with Crippen molar-refractivity contribution in [2.75, 3.05) is 19.6 Å². The molecule has 1 saturated heterocycles. The van der Waals surface area contributed by atoms with Gasteiger partial charge >= 0.3 is 0 Å². The Bertz CT molecular complexity index is 610. The van der Waals surface area contributed by atoms with E-state index in [-0.39, 0.29) is 0 Å². The molecule has 0 aliphatic carbocycles. The Hall–Kier alpha value is -1.83. The van der Waals surface area contributed by atoms with Gasteiger partial charge in [-0.1, -0.05) is 18.2 Å². The molecule has 104 valence electrons. The van der Waals surface area contributed by atoms with Crippen LogP contribution in [0.25, 0.3) is 10.9 Å². The quantitative estimate of drug-likeness (QED) is 0.836. The number of nitriles is 1. The molecule has 0 spiro atoms. The van der Waals surface area contributed by atoms with Gasteiger partial charge in [-0.05, 0) is 31.0 Å². The van der Waals surface area contributed by atoms with Crippen molar-refractivity contribution in [3.63, 3.8) is 0 Å². The fourth-order valence-electron chi connectivity index (χ4n) is 3.06. The minimum atomic E-state index is 0.450. The molecule has 4 nitrogen and oxygen atoms in total. The highest BCUT2D eigenvalue weighted by Crippen LogP contribution is 2.21. The molecule has 20 heavy (non-hydrogen) atoms. The number of para-hydroxylation sites is 1. The lowest BCUT2D eigenvalue weighted by Gasteiger charge is -2.32. The average Bonchev–Trinajstić information content (AvgIpc) is 2.89. The van der Waals surface area contributed by atoms with E-state index >= 15 is 0 Å². The van der Waals surface area contributed by atoms with Crippen LogP contribution in [0.2, 0.25) is 0 Å². The summed E-state index contributed by atoms with van der Waals surface area (Å²) in [6.07, 6.45) is 4.49. The van der Waals surface area contributed by atoms with Crippen LogP contribution in [-0.4, -0.2) is 35.6 Å². The van der Waals surface area contributed by atoms with Crippen LogP contribution >= 0.6 is 0 Å². The molecule has 1 fully saturated rings. The van der Waals surface area contributed by atoms with Gasteiger partial charge < -0.3 is 10.3 Å². The maximum atomic E-state index is 8.66. The lowest BCUT2D eigenvalue weighted by atomic mass is 10.0. The maximum absolute atomic E-state index is 8.66. The van der Waals surface area contributed by atoms with Crippen LogP contribution in [0.5, 0.6) is 0 Å². The topological polar surface area (TPSA) is 54.9 Å². The normalized spacial score (nSPS) is 20.1. The van der Waals surface area contributed by atoms with Crippen molar-refractivity contribution < 1.29 is 0 Å². The van der Waals surface area contributed by atoms with Gasteiger partial charge in [-0.25, -0.2) is 0 Å². The van der Waals surface area contributed by atoms with Gasteiger partial charge in [0.15, 0.2) is 0 Å². The number of aromatic amines is 1. The number of likely N-dealkylation sites (tertiary alicyclic amines) is 1. The number of piperidine rings is 1. The van der Waals surface area contributed by atoms with Crippen molar-refractivity contribution in [1.82, 2.24) is 15.2 Å². The molecule has 1 aliphatic rings. The Morgan fingerprint density at radius 3 is 3.20 bits per heavy atom. The number of aromatic nitrogens is 1. The molecule has 2 heterocycles. The first-order chi connectivity index (χ1) is 9.86. The molecule has 1 aromatic heterocycles. The van der Waals surface area contributed by atoms with E-state index in [0.717, 1.165) is 19.6 Å². The fourth-order valence-corrected chi connectivity index (χ4v) is 3.06. The van der Waals surface area contributed by atoms with Crippen molar-refractivity contribution in [2.24, 2.45) is 0 Å². The van der Waals surface area contributed by atoms with E-state index in [1.165, 1.54) is 29.3 Å². The van der Waals surface area contributed by atoms with Crippen LogP contribution < -0.4 is 5.32 Å². The van der Waals surface area contributed by atoms with Gasteiger partial charge in [0.2, 0.25) is 0 Å². The molecular weight excluding hydrogens is 248 g/mol. The number of benzene rings is 1. The summed E-state index contributed by atoms with van der Waals surface area (Å²) < 4.78 is 0. The number of nitrogens with one attached hydrogen (secondary N) is 2. The van der Waals surface area contributed by atoms with Gasteiger partial charge in [0.25, 0.3) is 0 Å². The zero-order valence-corrected chi connectivity index (χ0v) is 11.6. The lowest BCUT2D eigenvalue weighted by Crippen LogP contribution is -2.45. The van der Waals surface area contributed by atoms with Crippen LogP contribution in [0.1, 0.15) is 18.4 Å². The Labute approximate surface area is 119 Å². The summed E-state index contributed by atoms with van der Waals surface area (Å²) in [5.41, 5.74) is 2.57. The second-order valence-corrected chi connectivity index (χ2v) is 5.47. The largest absolute Gasteiger partial charge is 0.361 e. The number of rotatable bonds is 4. The van der Waals surface area contributed by atoms with Crippen LogP contribution in [0, 0.1) is 11.3 Å². The van der Waals surface area contributed by atoms with Crippen LogP contribution in [0.15, 0.2) is 30.5 Å². The van der Waals surface area contributed by atoms with E-state index in [1.807, 2.05) is 0 Å². The third-order valence-electron chi connectivity index (χ3n) is 4.04. The first-order valence-electron chi connectivity index (χ1n) is 7.24. The molecule has 3 rings (SSSR count). The summed E-state index contributed by atoms with van der Waals surface area (Å²) in [7, 11) is 0. The standard InChI is InChI=1S/C16H20N4/c17-7-8-18-14-4-3-9-20(12-14)11-13-10-19-16-6-2-1-5-15(13)16/h1-2,5-6,10,14,18-19H,3-4,8-9,11-12H2. The van der Waals surface area contributed by atoms with E-state index in [4.69, 9.17) is 5.26 Å². The zero-order valence-electron chi connectivity index (χ0n) is 11.6. The first-order valence-corrected chi connectivity index (χ1v) is 7.24. The number of fused-ring (bicyclic) bond motifs is 1. The predicted octanol–water partition coefficient (Wildman–Crippen LogP) is 2.25. The number of hydrogen-bond donors (Lipinski definition) is 2. The Morgan fingerprint density at radius 1 is 1.40 bits per heavy atom. The fraction of sp³-hybridized carbons (Fsp3) is 0.438. The molecular formula is C16H20N4. The van der Waals surface area contributed by atoms with Gasteiger partial charge in [-0.15, -0.1) is 0 Å². The molecule has 0 radical (unpaired) electrons. The molecule has 4 heteroatoms. The third kappa shape index (κ3) is 2.84. The Balaban J connectivity index is 1.66. The lowest BCUT2D eigenvalue weighted by molar-refractivity contribution is 0.186. The summed E-state index contributed by atoms with van der Waals surface area (Å²) in [4.78, 5) is 5.82. The number of H-pyrrole nitrogens is 1. The van der Waals surface area contributed by atoms with Gasteiger partial charge in [0, 0.05) is 36.2 Å². The summed E-state index contributed by atoms with van der Waals surface area (Å²) >= 11 is 0. The Morgan fingerprint density at radius 2 is 2.30 bits per heavy atom. The molecule has 2 N–H and O–H groups in total. The first kappa shape index (κ1) is 13.2. The van der Waals surface area contributed by atoms with Crippen molar-refractivity contribution in [1.29, 1.82) is 5.26 Å². The van der Waals surface area contributed by atoms with E-state index < -0.39 is 0 Å². The maximum Gasteiger partial charge on any atom is 0.0843 e. The predicted molar refractivity (Wildman–Crippen MR) is 80.2 cm³/mol. The van der Waals surface area contributed by atoms with Crippen molar-refractivity contribution in [3.05, 3.63) is 36.0 Å². The SMILES string of the molecule is N#CCNC1CCCN(Cc2c[nH]c3ccccc23)C1. The Kier molecular flexibility index (Phi) is 4.00. The molecule has 0 bridgehead atoms. The summed E-state index contributed by atoms with van der Waals surface area (Å²) in [5.74, 6) is 0. The van der Waals surface area contributed by atoms with Crippen LogP contribution in [-0.2, 0) is 6.54 Å². The summed E-state index contributed by atoms with van der Waals surface area (Å²) in [6.45, 7) is 3.60. The second-order valence-electron chi connectivity index (χ2n) is 5.47. The van der Waals surface area contributed by atoms with Crippen molar-refractivity contribution >= 4 is 10.9 Å². The van der Waals surface area contributed by atoms with Crippen LogP contribution in [0.3, 0.4) is 0 Å². The van der Waals surface area contributed by atoms with Gasteiger partial charge in [0.05, 0.1) is 12.6 Å². The summed E-state index contributed by atoms with van der Waals surface area (Å²) in [5, 5.41) is 13.3. The van der Waals surface area contributed by atoms with Gasteiger partial charge in [-0.2, -0.15) is 5.26 Å². The van der Waals surface area contributed by atoms with Gasteiger partial charge in [0.1, 0.15) is 0 Å². The zero-order chi connectivity index (χ0) is 13.8. The monoisotopic (exact) mass is 268 g/mol. The highest BCUT2D eigenvalue weighted by molar-refractivity contribution is 5.82. The molecule has 1 atom stereocenters.